The second kappa shape index (κ2) is 5.61. The van der Waals surface area contributed by atoms with Crippen LogP contribution in [0.2, 0.25) is 5.02 Å². The van der Waals surface area contributed by atoms with Gasteiger partial charge in [-0.2, -0.15) is 0 Å². The largest absolute Gasteiger partial charge is 0.304 e. The molecule has 24 heavy (non-hydrogen) atoms. The van der Waals surface area contributed by atoms with E-state index in [1.165, 1.54) is 6.07 Å². The van der Waals surface area contributed by atoms with Crippen LogP contribution in [-0.4, -0.2) is 9.32 Å². The van der Waals surface area contributed by atoms with E-state index < -0.39 is 0 Å². The highest BCUT2D eigenvalue weighted by molar-refractivity contribution is 7.15. The molecule has 4 nitrogen and oxygen atoms in total. The van der Waals surface area contributed by atoms with Crippen LogP contribution < -0.4 is 0 Å². The summed E-state index contributed by atoms with van der Waals surface area (Å²) in [6.45, 7) is 2.02. The molecule has 0 N–H and O–H groups in total. The monoisotopic (exact) mass is 356 g/mol. The fourth-order valence-corrected chi connectivity index (χ4v) is 4.19. The Balaban J connectivity index is 1.87. The van der Waals surface area contributed by atoms with Crippen LogP contribution in [0.4, 0.5) is 5.69 Å². The first-order chi connectivity index (χ1) is 11.5. The number of thiazole rings is 1. The van der Waals surface area contributed by atoms with Crippen LogP contribution in [0.5, 0.6) is 0 Å². The Morgan fingerprint density at radius 1 is 1.25 bits per heavy atom. The van der Waals surface area contributed by atoms with Gasteiger partial charge in [0.05, 0.1) is 10.4 Å². The zero-order chi connectivity index (χ0) is 16.8. The molecule has 0 aliphatic carbocycles. The third-order valence-corrected chi connectivity index (χ3v) is 5.57. The summed E-state index contributed by atoms with van der Waals surface area (Å²) in [5.41, 5.74) is 4.31. The first-order valence-electron chi connectivity index (χ1n) is 7.44. The van der Waals surface area contributed by atoms with Crippen LogP contribution in [0, 0.1) is 17.0 Å². The van der Waals surface area contributed by atoms with Gasteiger partial charge in [-0.1, -0.05) is 29.8 Å². The average molecular weight is 357 g/mol. The smallest absolute Gasteiger partial charge is 0.269 e. The molecule has 120 valence electrons. The fourth-order valence-electron chi connectivity index (χ4n) is 3.08. The molecule has 4 rings (SSSR count). The lowest BCUT2D eigenvalue weighted by Crippen LogP contribution is -1.96. The van der Waals surface area contributed by atoms with Gasteiger partial charge >= 0.3 is 0 Å². The molecule has 0 amide bonds. The number of aromatic nitrogens is 1. The van der Waals surface area contributed by atoms with Gasteiger partial charge in [0.2, 0.25) is 0 Å². The maximum atomic E-state index is 11.0. The molecule has 0 aliphatic heterocycles. The number of fused-ring (bicyclic) bond motifs is 3. The van der Waals surface area contributed by atoms with Gasteiger partial charge in [0.1, 0.15) is 4.83 Å². The molecule has 0 atom stereocenters. The molecule has 0 saturated heterocycles. The van der Waals surface area contributed by atoms with Gasteiger partial charge in [0.25, 0.3) is 5.69 Å². The summed E-state index contributed by atoms with van der Waals surface area (Å²) in [4.78, 5) is 11.8. The molecule has 0 aliphatic rings. The van der Waals surface area contributed by atoms with Crippen LogP contribution in [0.25, 0.3) is 15.7 Å². The topological polar surface area (TPSA) is 47.5 Å². The van der Waals surface area contributed by atoms with Crippen molar-refractivity contribution in [2.75, 3.05) is 0 Å². The molecule has 0 saturated carbocycles. The number of hydrogen-bond donors (Lipinski definition) is 0. The van der Waals surface area contributed by atoms with Crippen LogP contribution >= 0.6 is 22.9 Å². The number of benzene rings is 2. The maximum Gasteiger partial charge on any atom is 0.269 e. The Morgan fingerprint density at radius 2 is 2.08 bits per heavy atom. The Kier molecular flexibility index (Phi) is 3.55. The van der Waals surface area contributed by atoms with Gasteiger partial charge in [-0.25, -0.2) is 0 Å². The van der Waals surface area contributed by atoms with E-state index in [2.05, 4.69) is 15.8 Å². The van der Waals surface area contributed by atoms with Crippen molar-refractivity contribution in [3.63, 3.8) is 0 Å². The van der Waals surface area contributed by atoms with Crippen molar-refractivity contribution in [3.05, 3.63) is 79.8 Å². The minimum atomic E-state index is -0.359. The minimum absolute atomic E-state index is 0.121. The molecule has 0 spiro atoms. The van der Waals surface area contributed by atoms with Gasteiger partial charge in [-0.15, -0.1) is 11.3 Å². The highest BCUT2D eigenvalue weighted by atomic mass is 35.5. The van der Waals surface area contributed by atoms with Gasteiger partial charge in [0, 0.05) is 40.0 Å². The lowest BCUT2D eigenvalue weighted by molar-refractivity contribution is -0.384. The second-order valence-corrected chi connectivity index (χ2v) is 7.06. The molecule has 4 aromatic rings. The van der Waals surface area contributed by atoms with E-state index in [-0.39, 0.29) is 10.6 Å². The predicted octanol–water partition coefficient (Wildman–Crippen LogP) is 5.61. The summed E-state index contributed by atoms with van der Waals surface area (Å²) >= 11 is 7.97. The molecule has 0 fully saturated rings. The zero-order valence-electron chi connectivity index (χ0n) is 12.8. The summed E-state index contributed by atoms with van der Waals surface area (Å²) in [7, 11) is 0. The Bertz CT molecular complexity index is 1100. The number of rotatable bonds is 3. The summed E-state index contributed by atoms with van der Waals surface area (Å²) < 4.78 is 2.21. The quantitative estimate of drug-likeness (QED) is 0.353. The van der Waals surface area contributed by atoms with Crippen molar-refractivity contribution in [2.45, 2.75) is 13.3 Å². The number of nitro benzene ring substituents is 1. The fraction of sp³-hybridized carbons (Fsp3) is 0.111. The van der Waals surface area contributed by atoms with E-state index >= 15 is 0 Å². The van der Waals surface area contributed by atoms with Gasteiger partial charge in [-0.3, -0.25) is 10.1 Å². The van der Waals surface area contributed by atoms with Crippen LogP contribution in [-0.2, 0) is 6.42 Å². The number of halogens is 1. The van der Waals surface area contributed by atoms with Crippen molar-refractivity contribution in [1.29, 1.82) is 0 Å². The van der Waals surface area contributed by atoms with Gasteiger partial charge < -0.3 is 4.40 Å². The number of aryl methyl sites for hydroxylation is 1. The van der Waals surface area contributed by atoms with Crippen LogP contribution in [0.15, 0.2) is 47.8 Å². The number of non-ortho nitro benzene ring substituents is 1. The molecule has 2 heterocycles. The first-order valence-corrected chi connectivity index (χ1v) is 8.70. The third kappa shape index (κ3) is 2.37. The van der Waals surface area contributed by atoms with E-state index in [0.717, 1.165) is 37.6 Å². The van der Waals surface area contributed by atoms with Gasteiger partial charge in [-0.05, 0) is 30.2 Å². The number of nitrogens with zero attached hydrogens (tertiary/aromatic N) is 2. The number of nitro groups is 1. The van der Waals surface area contributed by atoms with Gasteiger partial charge in [0.15, 0.2) is 0 Å². The first kappa shape index (κ1) is 15.2. The number of hydrogen-bond acceptors (Lipinski definition) is 3. The lowest BCUT2D eigenvalue weighted by Gasteiger charge is -2.06. The van der Waals surface area contributed by atoms with E-state index in [1.807, 2.05) is 25.1 Å². The summed E-state index contributed by atoms with van der Waals surface area (Å²) in [5, 5.41) is 15.0. The van der Waals surface area contributed by atoms with Crippen molar-refractivity contribution < 1.29 is 4.92 Å². The Labute approximate surface area is 147 Å². The molecule has 6 heteroatoms. The van der Waals surface area contributed by atoms with E-state index in [0.29, 0.717) is 6.42 Å². The summed E-state index contributed by atoms with van der Waals surface area (Å²) in [6, 6.07) is 12.9. The van der Waals surface area contributed by atoms with Crippen molar-refractivity contribution >= 4 is 44.4 Å². The van der Waals surface area contributed by atoms with Crippen molar-refractivity contribution in [2.24, 2.45) is 0 Å². The molecule has 2 aromatic heterocycles. The summed E-state index contributed by atoms with van der Waals surface area (Å²) in [6.07, 6.45) is 0.636. The van der Waals surface area contributed by atoms with Crippen LogP contribution in [0.1, 0.15) is 16.8 Å². The molecular formula is C18H13ClN2O2S. The molecule has 2 aromatic carbocycles. The average Bonchev–Trinajstić information content (AvgIpc) is 3.11. The maximum absolute atomic E-state index is 11.0. The van der Waals surface area contributed by atoms with Crippen LogP contribution in [0.3, 0.4) is 0 Å². The second-order valence-electron chi connectivity index (χ2n) is 5.76. The summed E-state index contributed by atoms with van der Waals surface area (Å²) in [5.74, 6) is 0. The minimum Gasteiger partial charge on any atom is -0.304 e. The third-order valence-electron chi connectivity index (χ3n) is 4.23. The molecule has 0 unspecified atom stereocenters. The van der Waals surface area contributed by atoms with Crippen molar-refractivity contribution in [1.82, 2.24) is 4.40 Å². The van der Waals surface area contributed by atoms with E-state index in [4.69, 9.17) is 11.6 Å². The SMILES string of the molecule is Cc1c(Cl)ccc2cc3scc(Cc4cccc([N+](=O)[O-])c4)n3c12. The van der Waals surface area contributed by atoms with E-state index in [1.54, 1.807) is 23.5 Å². The highest BCUT2D eigenvalue weighted by Gasteiger charge is 2.14. The normalized spacial score (nSPS) is 11.4. The molecule has 0 radical (unpaired) electrons. The standard InChI is InChI=1S/C18H13ClN2O2S/c1-11-16(19)6-5-13-9-17-20(18(11)13)15(10-24-17)8-12-3-2-4-14(7-12)21(22)23/h2-7,9-10H,8H2,1H3. The van der Waals surface area contributed by atoms with Crippen molar-refractivity contribution in [3.8, 4) is 0 Å². The molecule has 0 bridgehead atoms. The predicted molar refractivity (Wildman–Crippen MR) is 98.4 cm³/mol. The Hall–Kier alpha value is -2.37. The Morgan fingerprint density at radius 3 is 2.88 bits per heavy atom. The molecular weight excluding hydrogens is 344 g/mol. The van der Waals surface area contributed by atoms with E-state index in [9.17, 15) is 10.1 Å². The zero-order valence-corrected chi connectivity index (χ0v) is 14.4. The highest BCUT2D eigenvalue weighted by Crippen LogP contribution is 2.33. The lowest BCUT2D eigenvalue weighted by atomic mass is 10.1.